The number of hydrogen-bond acceptors (Lipinski definition) is 6. The zero-order chi connectivity index (χ0) is 30.5. The second-order valence-electron chi connectivity index (χ2n) is 10.7. The van der Waals surface area contributed by atoms with Gasteiger partial charge in [-0.05, 0) is 60.2 Å². The van der Waals surface area contributed by atoms with Crippen LogP contribution < -0.4 is 19.6 Å². The van der Waals surface area contributed by atoms with Gasteiger partial charge in [-0.25, -0.2) is 9.79 Å². The summed E-state index contributed by atoms with van der Waals surface area (Å²) < 4.78 is 14.9. The van der Waals surface area contributed by atoms with Crippen molar-refractivity contribution < 1.29 is 14.3 Å². The SMILES string of the molecule is CCCC1=C(C(=O)OCC)[C@H](c2ccc(C(C)C)cc2)n2c(s/c(=C\c3ccccc3OCc3ccc(Br)cc3)c2=O)=N1. The maximum Gasteiger partial charge on any atom is 0.338 e. The zero-order valence-electron chi connectivity index (χ0n) is 24.8. The number of thiazole rings is 1. The Kier molecular flexibility index (Phi) is 9.78. The normalized spacial score (nSPS) is 14.9. The third-order valence-electron chi connectivity index (χ3n) is 7.32. The van der Waals surface area contributed by atoms with Crippen LogP contribution in [0.3, 0.4) is 0 Å². The molecule has 0 spiro atoms. The molecule has 1 atom stereocenters. The molecular formula is C35H35BrN2O4S. The van der Waals surface area contributed by atoms with E-state index in [1.807, 2.05) is 66.7 Å². The summed E-state index contributed by atoms with van der Waals surface area (Å²) in [4.78, 5) is 33.0. The summed E-state index contributed by atoms with van der Waals surface area (Å²) in [5, 5.41) is 0. The predicted molar refractivity (Wildman–Crippen MR) is 175 cm³/mol. The molecule has 0 saturated heterocycles. The van der Waals surface area contributed by atoms with E-state index in [0.29, 0.717) is 45.3 Å². The first kappa shape index (κ1) is 30.7. The molecule has 1 aliphatic heterocycles. The number of hydrogen-bond donors (Lipinski definition) is 0. The second-order valence-corrected chi connectivity index (χ2v) is 12.6. The van der Waals surface area contributed by atoms with Gasteiger partial charge >= 0.3 is 5.97 Å². The lowest BCUT2D eigenvalue weighted by Crippen LogP contribution is -2.40. The number of aromatic nitrogens is 1. The molecule has 222 valence electrons. The van der Waals surface area contributed by atoms with Gasteiger partial charge in [0, 0.05) is 10.0 Å². The van der Waals surface area contributed by atoms with Gasteiger partial charge in [0.1, 0.15) is 12.4 Å². The van der Waals surface area contributed by atoms with E-state index in [1.54, 1.807) is 11.5 Å². The molecule has 0 N–H and O–H groups in total. The highest BCUT2D eigenvalue weighted by Gasteiger charge is 2.34. The van der Waals surface area contributed by atoms with Gasteiger partial charge in [0.05, 0.1) is 28.5 Å². The molecule has 0 radical (unpaired) electrons. The maximum atomic E-state index is 14.2. The van der Waals surface area contributed by atoms with Crippen molar-refractivity contribution in [1.82, 2.24) is 4.57 Å². The highest BCUT2D eigenvalue weighted by Crippen LogP contribution is 2.33. The minimum absolute atomic E-state index is 0.207. The number of benzene rings is 3. The predicted octanol–water partition coefficient (Wildman–Crippen LogP) is 7.04. The van der Waals surface area contributed by atoms with Crippen LogP contribution in [0.5, 0.6) is 5.75 Å². The summed E-state index contributed by atoms with van der Waals surface area (Å²) in [5.41, 5.74) is 4.76. The van der Waals surface area contributed by atoms with Crippen LogP contribution in [0.15, 0.2) is 98.3 Å². The average Bonchev–Trinajstić information content (AvgIpc) is 3.31. The van der Waals surface area contributed by atoms with Crippen LogP contribution in [0.25, 0.3) is 6.08 Å². The fourth-order valence-corrected chi connectivity index (χ4v) is 6.39. The number of carbonyl (C=O) groups is 1. The molecule has 6 nitrogen and oxygen atoms in total. The molecule has 8 heteroatoms. The Morgan fingerprint density at radius 2 is 1.77 bits per heavy atom. The van der Waals surface area contributed by atoms with Gasteiger partial charge in [0.25, 0.3) is 5.56 Å². The third kappa shape index (κ3) is 6.76. The van der Waals surface area contributed by atoms with Gasteiger partial charge in [0.2, 0.25) is 0 Å². The summed E-state index contributed by atoms with van der Waals surface area (Å²) in [7, 11) is 0. The van der Waals surface area contributed by atoms with E-state index in [4.69, 9.17) is 14.5 Å². The van der Waals surface area contributed by atoms with E-state index < -0.39 is 12.0 Å². The Hall–Kier alpha value is -3.75. The summed E-state index contributed by atoms with van der Waals surface area (Å²) in [6, 6.07) is 23.2. The minimum atomic E-state index is -0.635. The molecule has 0 unspecified atom stereocenters. The van der Waals surface area contributed by atoms with E-state index in [1.165, 1.54) is 16.9 Å². The Morgan fingerprint density at radius 3 is 2.44 bits per heavy atom. The topological polar surface area (TPSA) is 69.9 Å². The number of rotatable bonds is 10. The van der Waals surface area contributed by atoms with Crippen LogP contribution >= 0.6 is 27.3 Å². The number of allylic oxidation sites excluding steroid dienone is 1. The molecule has 0 saturated carbocycles. The molecule has 43 heavy (non-hydrogen) atoms. The highest BCUT2D eigenvalue weighted by molar-refractivity contribution is 9.10. The third-order valence-corrected chi connectivity index (χ3v) is 8.84. The van der Waals surface area contributed by atoms with Crippen LogP contribution in [0.1, 0.15) is 74.8 Å². The van der Waals surface area contributed by atoms with Crippen molar-refractivity contribution in [1.29, 1.82) is 0 Å². The second kappa shape index (κ2) is 13.7. The standard InChI is InChI=1S/C35H35BrN2O4S/c1-5-9-28-31(34(40)41-6-2)32(25-16-14-24(15-17-25)22(3)4)38-33(39)30(43-35(38)37-28)20-26-10-7-8-11-29(26)42-21-23-12-18-27(36)19-13-23/h7-8,10-20,22,32H,5-6,9,21H2,1-4H3/b30-20-/t32-/m0/s1. The Bertz CT molecular complexity index is 1820. The number of esters is 1. The number of nitrogens with zero attached hydrogens (tertiary/aromatic N) is 2. The zero-order valence-corrected chi connectivity index (χ0v) is 27.2. The van der Waals surface area contributed by atoms with E-state index in [2.05, 4.69) is 48.8 Å². The molecule has 0 fully saturated rings. The van der Waals surface area contributed by atoms with Gasteiger partial charge < -0.3 is 9.47 Å². The number of halogens is 1. The molecule has 0 amide bonds. The molecular weight excluding hydrogens is 624 g/mol. The van der Waals surface area contributed by atoms with Crippen molar-refractivity contribution in [2.75, 3.05) is 6.61 Å². The maximum absolute atomic E-state index is 14.2. The Balaban J connectivity index is 1.62. The lowest BCUT2D eigenvalue weighted by Gasteiger charge is -2.26. The summed E-state index contributed by atoms with van der Waals surface area (Å²) in [5.74, 6) is 0.599. The van der Waals surface area contributed by atoms with Crippen LogP contribution in [0, 0.1) is 0 Å². The first-order valence-electron chi connectivity index (χ1n) is 14.6. The van der Waals surface area contributed by atoms with Crippen LogP contribution in [0.4, 0.5) is 0 Å². The fourth-order valence-electron chi connectivity index (χ4n) is 5.11. The Morgan fingerprint density at radius 1 is 1.05 bits per heavy atom. The highest BCUT2D eigenvalue weighted by atomic mass is 79.9. The molecule has 0 bridgehead atoms. The van der Waals surface area contributed by atoms with E-state index >= 15 is 0 Å². The molecule has 1 aromatic heterocycles. The summed E-state index contributed by atoms with van der Waals surface area (Å²) in [6.45, 7) is 8.76. The lowest BCUT2D eigenvalue weighted by molar-refractivity contribution is -0.139. The number of fused-ring (bicyclic) bond motifs is 1. The number of para-hydroxylation sites is 1. The molecule has 0 aliphatic carbocycles. The molecule has 5 rings (SSSR count). The van der Waals surface area contributed by atoms with Crippen molar-refractivity contribution in [3.8, 4) is 5.75 Å². The van der Waals surface area contributed by atoms with Gasteiger partial charge in [-0.3, -0.25) is 9.36 Å². The summed E-state index contributed by atoms with van der Waals surface area (Å²) in [6.07, 6.45) is 3.26. The molecule has 3 aromatic carbocycles. The lowest BCUT2D eigenvalue weighted by atomic mass is 9.92. The largest absolute Gasteiger partial charge is 0.488 e. The monoisotopic (exact) mass is 658 g/mol. The average molecular weight is 660 g/mol. The van der Waals surface area contributed by atoms with Crippen molar-refractivity contribution in [2.24, 2.45) is 4.99 Å². The molecule has 4 aromatic rings. The quantitative estimate of drug-likeness (QED) is 0.171. The van der Waals surface area contributed by atoms with Crippen molar-refractivity contribution in [2.45, 2.75) is 59.1 Å². The van der Waals surface area contributed by atoms with E-state index in [-0.39, 0.29) is 12.2 Å². The first-order valence-corrected chi connectivity index (χ1v) is 16.2. The van der Waals surface area contributed by atoms with Crippen molar-refractivity contribution in [3.63, 3.8) is 0 Å². The van der Waals surface area contributed by atoms with Crippen molar-refractivity contribution >= 4 is 39.3 Å². The van der Waals surface area contributed by atoms with E-state index in [0.717, 1.165) is 27.6 Å². The smallest absolute Gasteiger partial charge is 0.338 e. The van der Waals surface area contributed by atoms with Gasteiger partial charge in [0.15, 0.2) is 4.80 Å². The minimum Gasteiger partial charge on any atom is -0.488 e. The molecule has 2 heterocycles. The Labute approximate surface area is 264 Å². The van der Waals surface area contributed by atoms with Crippen LogP contribution in [-0.4, -0.2) is 17.1 Å². The van der Waals surface area contributed by atoms with Crippen molar-refractivity contribution in [3.05, 3.63) is 130 Å². The summed E-state index contributed by atoms with van der Waals surface area (Å²) >= 11 is 4.79. The van der Waals surface area contributed by atoms with Crippen LogP contribution in [0.2, 0.25) is 0 Å². The van der Waals surface area contributed by atoms with Gasteiger partial charge in [-0.2, -0.15) is 0 Å². The van der Waals surface area contributed by atoms with Crippen LogP contribution in [-0.2, 0) is 16.1 Å². The fraction of sp³-hybridized carbons (Fsp3) is 0.286. The number of carbonyl (C=O) groups excluding carboxylic acids is 1. The van der Waals surface area contributed by atoms with E-state index in [9.17, 15) is 9.59 Å². The van der Waals surface area contributed by atoms with Gasteiger partial charge in [-0.15, -0.1) is 0 Å². The molecule has 1 aliphatic rings. The van der Waals surface area contributed by atoms with Gasteiger partial charge in [-0.1, -0.05) is 109 Å². The number of ether oxygens (including phenoxy) is 2. The first-order chi connectivity index (χ1) is 20.8.